The summed E-state index contributed by atoms with van der Waals surface area (Å²) >= 11 is 0. The van der Waals surface area contributed by atoms with Crippen molar-refractivity contribution in [3.63, 3.8) is 0 Å². The van der Waals surface area contributed by atoms with E-state index in [9.17, 15) is 0 Å². The molecule has 272 valence electrons. The lowest BCUT2D eigenvalue weighted by atomic mass is 9.80. The molecule has 55 heavy (non-hydrogen) atoms. The Morgan fingerprint density at radius 2 is 0.873 bits per heavy atom. The van der Waals surface area contributed by atoms with E-state index in [0.717, 1.165) is 30.6 Å². The molecule has 0 aromatic heterocycles. The zero-order chi connectivity index (χ0) is 37.9. The fourth-order valence-electron chi connectivity index (χ4n) is 9.83. The van der Waals surface area contributed by atoms with E-state index in [0.29, 0.717) is 0 Å². The van der Waals surface area contributed by atoms with Crippen molar-refractivity contribution in [3.05, 3.63) is 191 Å². The van der Waals surface area contributed by atoms with Crippen LogP contribution in [0.4, 0.5) is 22.7 Å². The van der Waals surface area contributed by atoms with Gasteiger partial charge < -0.3 is 9.80 Å². The van der Waals surface area contributed by atoms with Crippen LogP contribution in [0.5, 0.6) is 0 Å². The fraction of sp³-hybridized carbons (Fsp3) is 0.212. The Balaban J connectivity index is 1.23. The van der Waals surface area contributed by atoms with E-state index in [2.05, 4.69) is 214 Å². The Kier molecular flexibility index (Phi) is 8.50. The zero-order valence-electron chi connectivity index (χ0n) is 33.0. The van der Waals surface area contributed by atoms with Crippen molar-refractivity contribution in [1.82, 2.24) is 4.58 Å². The first-order chi connectivity index (χ1) is 26.7. The van der Waals surface area contributed by atoms with Crippen LogP contribution in [-0.4, -0.2) is 19.8 Å². The second kappa shape index (κ2) is 13.4. The van der Waals surface area contributed by atoms with E-state index < -0.39 is 0 Å². The van der Waals surface area contributed by atoms with Gasteiger partial charge in [-0.15, -0.1) is 0 Å². The third-order valence-electron chi connectivity index (χ3n) is 12.4. The lowest BCUT2D eigenvalue weighted by Crippen LogP contribution is -2.26. The van der Waals surface area contributed by atoms with Gasteiger partial charge in [-0.1, -0.05) is 137 Å². The Bertz CT molecular complexity index is 2450. The van der Waals surface area contributed by atoms with Gasteiger partial charge >= 0.3 is 0 Å². The number of rotatable bonds is 4. The molecular formula is C52H50N3+. The van der Waals surface area contributed by atoms with Crippen molar-refractivity contribution in [2.24, 2.45) is 0 Å². The third kappa shape index (κ3) is 5.68. The first kappa shape index (κ1) is 34.8. The Hall–Kier alpha value is -5.93. The van der Waals surface area contributed by atoms with Crippen LogP contribution in [0.15, 0.2) is 180 Å². The second-order valence-electron chi connectivity index (χ2n) is 16.4. The molecule has 2 aliphatic heterocycles. The van der Waals surface area contributed by atoms with E-state index in [1.54, 1.807) is 0 Å². The number of allylic oxidation sites excluding steroid dienone is 8. The van der Waals surface area contributed by atoms with Crippen molar-refractivity contribution in [3.8, 4) is 0 Å². The molecule has 0 bridgehead atoms. The lowest BCUT2D eigenvalue weighted by Gasteiger charge is -2.25. The van der Waals surface area contributed by atoms with Gasteiger partial charge in [0.25, 0.3) is 0 Å². The highest BCUT2D eigenvalue weighted by Crippen LogP contribution is 2.51. The molecule has 3 aliphatic rings. The standard InChI is InChI=1S/C52H50N3/c1-51(2)46(53(5)44-32-28-36-18-13-15-26-42(36)48(44)51)34-30-38-20-17-21-39(50(38)55(40-22-9-7-10-23-40)41-24-11-8-12-25-41)31-35-47-52(3,4)49-43-27-16-14-19-37(43)29-33-45(49)54(47)6/h7-16,18-19,22-35H,17,20-21H2,1-6H3/q+1. The maximum absolute atomic E-state index is 2.49. The van der Waals surface area contributed by atoms with Crippen LogP contribution >= 0.6 is 0 Å². The minimum Gasteiger partial charge on any atom is -0.347 e. The van der Waals surface area contributed by atoms with Crippen molar-refractivity contribution in [1.29, 1.82) is 0 Å². The quantitative estimate of drug-likeness (QED) is 0.168. The largest absolute Gasteiger partial charge is 0.347 e. The summed E-state index contributed by atoms with van der Waals surface area (Å²) in [4.78, 5) is 4.82. The molecule has 0 atom stereocenters. The highest BCUT2D eigenvalue weighted by molar-refractivity contribution is 6.16. The number of hydrogen-bond donors (Lipinski definition) is 0. The maximum Gasteiger partial charge on any atom is 0.218 e. The van der Waals surface area contributed by atoms with Crippen LogP contribution in [0, 0.1) is 0 Å². The first-order valence-electron chi connectivity index (χ1n) is 19.8. The summed E-state index contributed by atoms with van der Waals surface area (Å²) in [5, 5.41) is 5.27. The predicted octanol–water partition coefficient (Wildman–Crippen LogP) is 12.9. The second-order valence-corrected chi connectivity index (χ2v) is 16.4. The van der Waals surface area contributed by atoms with Crippen LogP contribution < -0.4 is 14.4 Å². The van der Waals surface area contributed by atoms with Gasteiger partial charge in [0.1, 0.15) is 0 Å². The minimum absolute atomic E-state index is 0.156. The molecule has 3 nitrogen and oxygen atoms in total. The Morgan fingerprint density at radius 3 is 1.31 bits per heavy atom. The molecule has 0 spiro atoms. The van der Waals surface area contributed by atoms with Gasteiger partial charge in [0.2, 0.25) is 17.1 Å². The van der Waals surface area contributed by atoms with Gasteiger partial charge in [-0.2, -0.15) is 4.58 Å². The highest BCUT2D eigenvalue weighted by atomic mass is 15.2. The van der Waals surface area contributed by atoms with Gasteiger partial charge in [-0.05, 0) is 76.2 Å². The molecule has 2 heterocycles. The molecule has 1 fully saturated rings. The van der Waals surface area contributed by atoms with Crippen LogP contribution in [-0.2, 0) is 10.8 Å². The number of benzene rings is 6. The summed E-state index contributed by atoms with van der Waals surface area (Å²) in [5.74, 6) is 0. The molecule has 1 saturated carbocycles. The molecular weight excluding hydrogens is 667 g/mol. The molecule has 0 unspecified atom stereocenters. The molecule has 9 rings (SSSR count). The minimum atomic E-state index is -0.156. The number of nitrogens with zero attached hydrogens (tertiary/aromatic N) is 3. The summed E-state index contributed by atoms with van der Waals surface area (Å²) in [7, 11) is 4.47. The smallest absolute Gasteiger partial charge is 0.218 e. The Morgan fingerprint density at radius 1 is 0.473 bits per heavy atom. The predicted molar refractivity (Wildman–Crippen MR) is 236 cm³/mol. The van der Waals surface area contributed by atoms with E-state index >= 15 is 0 Å². The number of anilines is 2. The highest BCUT2D eigenvalue weighted by Gasteiger charge is 2.41. The van der Waals surface area contributed by atoms with Crippen LogP contribution in [0.1, 0.15) is 58.1 Å². The molecule has 1 aliphatic carbocycles. The number of para-hydroxylation sites is 2. The number of hydrogen-bond acceptors (Lipinski definition) is 2. The molecule has 6 aromatic carbocycles. The molecule has 0 amide bonds. The third-order valence-corrected chi connectivity index (χ3v) is 12.4. The van der Waals surface area contributed by atoms with Crippen molar-refractivity contribution in [2.75, 3.05) is 23.9 Å². The number of likely N-dealkylation sites (N-methyl/N-ethyl adjacent to an activating group) is 2. The van der Waals surface area contributed by atoms with E-state index in [1.807, 2.05) is 0 Å². The summed E-state index contributed by atoms with van der Waals surface area (Å²) < 4.78 is 2.49. The average molecular weight is 717 g/mol. The number of fused-ring (bicyclic) bond motifs is 6. The summed E-state index contributed by atoms with van der Waals surface area (Å²) in [6.07, 6.45) is 12.8. The van der Waals surface area contributed by atoms with Crippen molar-refractivity contribution in [2.45, 2.75) is 57.8 Å². The SMILES string of the molecule is CN1/C(=C\C=C2/CCC/C(=C\C=C3/N(C)c4ccc5ccccc5c4C3(C)C)C2=[N+](c2ccccc2)c2ccccc2)C(C)(C)c2c1ccc1ccccc21. The summed E-state index contributed by atoms with van der Waals surface area (Å²) in [6.45, 7) is 9.54. The molecule has 3 heteroatoms. The van der Waals surface area contributed by atoms with Gasteiger partial charge in [-0.25, -0.2) is 0 Å². The van der Waals surface area contributed by atoms with Crippen molar-refractivity contribution >= 4 is 50.0 Å². The monoisotopic (exact) mass is 716 g/mol. The van der Waals surface area contributed by atoms with Crippen LogP contribution in [0.2, 0.25) is 0 Å². The van der Waals surface area contributed by atoms with E-state index in [4.69, 9.17) is 0 Å². The topological polar surface area (TPSA) is 9.49 Å². The van der Waals surface area contributed by atoms with E-state index in [1.165, 1.54) is 72.3 Å². The molecule has 6 aromatic rings. The maximum atomic E-state index is 2.49. The summed E-state index contributed by atoms with van der Waals surface area (Å²) in [5.41, 5.74) is 14.0. The lowest BCUT2D eigenvalue weighted by molar-refractivity contribution is 0.645. The van der Waals surface area contributed by atoms with Gasteiger partial charge in [-0.3, -0.25) is 0 Å². The molecule has 0 saturated heterocycles. The first-order valence-corrected chi connectivity index (χ1v) is 19.8. The van der Waals surface area contributed by atoms with Crippen molar-refractivity contribution < 1.29 is 0 Å². The molecule has 0 N–H and O–H groups in total. The van der Waals surface area contributed by atoms with Gasteiger partial charge in [0.15, 0.2) is 0 Å². The molecule has 0 radical (unpaired) electrons. The van der Waals surface area contributed by atoms with Crippen LogP contribution in [0.25, 0.3) is 21.5 Å². The van der Waals surface area contributed by atoms with Crippen LogP contribution in [0.3, 0.4) is 0 Å². The summed E-state index contributed by atoms with van der Waals surface area (Å²) in [6, 6.07) is 48.6. The average Bonchev–Trinajstić information content (AvgIpc) is 3.53. The Labute approximate surface area is 326 Å². The fourth-order valence-corrected chi connectivity index (χ4v) is 9.83. The van der Waals surface area contributed by atoms with E-state index in [-0.39, 0.29) is 10.8 Å². The normalized spacial score (nSPS) is 20.3. The van der Waals surface area contributed by atoms with Gasteiger partial charge in [0, 0.05) is 83.1 Å². The zero-order valence-corrected chi connectivity index (χ0v) is 33.0. The van der Waals surface area contributed by atoms with Gasteiger partial charge in [0.05, 0.1) is 0 Å².